The molecule has 0 saturated heterocycles. The van der Waals surface area contributed by atoms with Gasteiger partial charge in [0.2, 0.25) is 0 Å². The fraction of sp³-hybridized carbons (Fsp3) is 0.148. The maximum Gasteiger partial charge on any atom is 0.266 e. The van der Waals surface area contributed by atoms with Crippen LogP contribution in [0.1, 0.15) is 22.3 Å². The first kappa shape index (κ1) is 24.7. The minimum Gasteiger partial charge on any atom is -0.483 e. The van der Waals surface area contributed by atoms with Crippen molar-refractivity contribution in [1.29, 1.82) is 5.26 Å². The van der Waals surface area contributed by atoms with Crippen LogP contribution >= 0.6 is 15.9 Å². The Morgan fingerprint density at radius 1 is 0.971 bits per heavy atom. The van der Waals surface area contributed by atoms with Gasteiger partial charge >= 0.3 is 0 Å². The van der Waals surface area contributed by atoms with Crippen molar-refractivity contribution in [3.05, 3.63) is 93.0 Å². The Labute approximate surface area is 207 Å². The van der Waals surface area contributed by atoms with Gasteiger partial charge in [0.25, 0.3) is 11.8 Å². The first-order valence-corrected chi connectivity index (χ1v) is 11.3. The average Bonchev–Trinajstić information content (AvgIpc) is 2.80. The minimum atomic E-state index is -0.490. The topological polar surface area (TPSA) is 91.2 Å². The molecule has 0 aliphatic heterocycles. The summed E-state index contributed by atoms with van der Waals surface area (Å²) in [6.45, 7) is 5.64. The van der Waals surface area contributed by atoms with E-state index in [1.54, 1.807) is 24.3 Å². The Morgan fingerprint density at radius 2 is 1.71 bits per heavy atom. The largest absolute Gasteiger partial charge is 0.483 e. The summed E-state index contributed by atoms with van der Waals surface area (Å²) in [6, 6.07) is 20.2. The van der Waals surface area contributed by atoms with Crippen molar-refractivity contribution in [3.63, 3.8) is 0 Å². The van der Waals surface area contributed by atoms with Gasteiger partial charge in [0.05, 0.1) is 4.47 Å². The van der Waals surface area contributed by atoms with Crippen LogP contribution in [0.25, 0.3) is 6.08 Å². The quantitative estimate of drug-likeness (QED) is 0.299. The molecule has 0 aliphatic rings. The smallest absolute Gasteiger partial charge is 0.266 e. The second-order valence-electron chi connectivity index (χ2n) is 7.78. The number of carbonyl (C=O) groups is 2. The van der Waals surface area contributed by atoms with Crippen molar-refractivity contribution >= 4 is 45.2 Å². The zero-order chi connectivity index (χ0) is 24.7. The number of hydrogen-bond donors (Lipinski definition) is 2. The summed E-state index contributed by atoms with van der Waals surface area (Å²) in [5, 5.41) is 15.1. The van der Waals surface area contributed by atoms with E-state index >= 15 is 0 Å². The number of nitrogens with zero attached hydrogens (tertiary/aromatic N) is 1. The molecule has 0 heterocycles. The molecule has 0 radical (unpaired) electrons. The van der Waals surface area contributed by atoms with Gasteiger partial charge in [-0.1, -0.05) is 42.0 Å². The van der Waals surface area contributed by atoms with Crippen molar-refractivity contribution in [2.45, 2.75) is 20.8 Å². The molecule has 0 atom stereocenters. The predicted molar refractivity (Wildman–Crippen MR) is 138 cm³/mol. The minimum absolute atomic E-state index is 0.0309. The standard InChI is InChI=1S/C27H24BrN3O3/c1-17-8-10-24(19(3)12-17)30-26(32)16-34-25-11-9-20(14-22(25)28)13-21(15-29)27(33)31-23-7-5-4-6-18(23)2/h4-14H,16H2,1-3H3,(H,30,32)(H,31,33)/b21-13-. The summed E-state index contributed by atoms with van der Waals surface area (Å²) in [4.78, 5) is 24.8. The maximum absolute atomic E-state index is 12.5. The van der Waals surface area contributed by atoms with E-state index in [9.17, 15) is 14.9 Å². The highest BCUT2D eigenvalue weighted by Gasteiger charge is 2.12. The second-order valence-corrected chi connectivity index (χ2v) is 8.64. The summed E-state index contributed by atoms with van der Waals surface area (Å²) < 4.78 is 6.23. The van der Waals surface area contributed by atoms with Crippen LogP contribution in [0.2, 0.25) is 0 Å². The van der Waals surface area contributed by atoms with E-state index < -0.39 is 5.91 Å². The third-order valence-corrected chi connectivity index (χ3v) is 5.66. The van der Waals surface area contributed by atoms with E-state index in [4.69, 9.17) is 4.74 Å². The highest BCUT2D eigenvalue weighted by molar-refractivity contribution is 9.10. The number of carbonyl (C=O) groups excluding carboxylic acids is 2. The van der Waals surface area contributed by atoms with E-state index in [2.05, 4.69) is 26.6 Å². The number of benzene rings is 3. The van der Waals surface area contributed by atoms with Crippen molar-refractivity contribution in [2.24, 2.45) is 0 Å². The number of aryl methyl sites for hydroxylation is 3. The van der Waals surface area contributed by atoms with E-state index in [-0.39, 0.29) is 18.1 Å². The first-order valence-electron chi connectivity index (χ1n) is 10.5. The highest BCUT2D eigenvalue weighted by Crippen LogP contribution is 2.27. The van der Waals surface area contributed by atoms with Gasteiger partial charge in [-0.2, -0.15) is 5.26 Å². The van der Waals surface area contributed by atoms with Gasteiger partial charge in [-0.05, 0) is 83.7 Å². The van der Waals surface area contributed by atoms with Crippen molar-refractivity contribution in [2.75, 3.05) is 17.2 Å². The zero-order valence-electron chi connectivity index (χ0n) is 19.1. The Morgan fingerprint density at radius 3 is 2.38 bits per heavy atom. The van der Waals surface area contributed by atoms with Crippen LogP contribution in [0.4, 0.5) is 11.4 Å². The maximum atomic E-state index is 12.5. The number of amides is 2. The predicted octanol–water partition coefficient (Wildman–Crippen LogP) is 5.94. The van der Waals surface area contributed by atoms with Gasteiger partial charge < -0.3 is 15.4 Å². The van der Waals surface area contributed by atoms with E-state index in [0.717, 1.165) is 22.4 Å². The third kappa shape index (κ3) is 6.56. The lowest BCUT2D eigenvalue weighted by atomic mass is 10.1. The molecule has 0 unspecified atom stereocenters. The molecule has 0 bridgehead atoms. The molecule has 34 heavy (non-hydrogen) atoms. The normalized spacial score (nSPS) is 10.9. The number of para-hydroxylation sites is 1. The molecule has 0 fully saturated rings. The number of anilines is 2. The fourth-order valence-electron chi connectivity index (χ4n) is 3.23. The number of hydrogen-bond acceptors (Lipinski definition) is 4. The van der Waals surface area contributed by atoms with Crippen LogP contribution in [0, 0.1) is 32.1 Å². The van der Waals surface area contributed by atoms with E-state index in [1.165, 1.54) is 6.08 Å². The van der Waals surface area contributed by atoms with Crippen molar-refractivity contribution < 1.29 is 14.3 Å². The van der Waals surface area contributed by atoms with Gasteiger partial charge in [0.1, 0.15) is 17.4 Å². The van der Waals surface area contributed by atoms with E-state index in [0.29, 0.717) is 21.5 Å². The molecular weight excluding hydrogens is 494 g/mol. The van der Waals surface area contributed by atoms with E-state index in [1.807, 2.05) is 63.2 Å². The molecule has 6 nitrogen and oxygen atoms in total. The van der Waals surface area contributed by atoms with Gasteiger partial charge in [-0.25, -0.2) is 0 Å². The first-order chi connectivity index (χ1) is 16.3. The number of nitriles is 1. The van der Waals surface area contributed by atoms with Crippen LogP contribution < -0.4 is 15.4 Å². The summed E-state index contributed by atoms with van der Waals surface area (Å²) in [5.74, 6) is -0.297. The summed E-state index contributed by atoms with van der Waals surface area (Å²) >= 11 is 3.43. The third-order valence-electron chi connectivity index (χ3n) is 5.04. The average molecular weight is 518 g/mol. The highest BCUT2D eigenvalue weighted by atomic mass is 79.9. The molecule has 3 aromatic carbocycles. The summed E-state index contributed by atoms with van der Waals surface area (Å²) in [5.41, 5.74) is 5.00. The molecule has 2 amide bonds. The molecule has 2 N–H and O–H groups in total. The molecule has 0 spiro atoms. The molecule has 3 aromatic rings. The molecular formula is C27H24BrN3O3. The van der Waals surface area contributed by atoms with Crippen LogP contribution in [-0.2, 0) is 9.59 Å². The Hall–Kier alpha value is -3.89. The molecule has 0 saturated carbocycles. The zero-order valence-corrected chi connectivity index (χ0v) is 20.7. The molecule has 3 rings (SSSR count). The molecule has 0 aliphatic carbocycles. The van der Waals surface area contributed by atoms with Crippen molar-refractivity contribution in [3.8, 4) is 11.8 Å². The van der Waals surface area contributed by atoms with Gasteiger partial charge in [-0.15, -0.1) is 0 Å². The second kappa shape index (κ2) is 11.3. The summed E-state index contributed by atoms with van der Waals surface area (Å²) in [7, 11) is 0. The fourth-order valence-corrected chi connectivity index (χ4v) is 3.74. The Kier molecular flexibility index (Phi) is 8.23. The lowest BCUT2D eigenvalue weighted by Gasteiger charge is -2.11. The lowest BCUT2D eigenvalue weighted by molar-refractivity contribution is -0.118. The number of nitrogens with one attached hydrogen (secondary N) is 2. The summed E-state index contributed by atoms with van der Waals surface area (Å²) in [6.07, 6.45) is 1.50. The number of halogens is 1. The molecule has 172 valence electrons. The van der Waals surface area contributed by atoms with Crippen molar-refractivity contribution in [1.82, 2.24) is 0 Å². The number of rotatable bonds is 7. The van der Waals surface area contributed by atoms with Crippen LogP contribution in [0.5, 0.6) is 5.75 Å². The molecule has 7 heteroatoms. The molecule has 0 aromatic heterocycles. The lowest BCUT2D eigenvalue weighted by Crippen LogP contribution is -2.20. The Balaban J connectivity index is 1.64. The monoisotopic (exact) mass is 517 g/mol. The van der Waals surface area contributed by atoms with Gasteiger partial charge in [0, 0.05) is 11.4 Å². The van der Waals surface area contributed by atoms with Crippen LogP contribution in [0.3, 0.4) is 0 Å². The Bertz CT molecular complexity index is 1310. The number of ether oxygens (including phenoxy) is 1. The van der Waals surface area contributed by atoms with Gasteiger partial charge in [0.15, 0.2) is 6.61 Å². The SMILES string of the molecule is Cc1ccc(NC(=O)COc2ccc(/C=C(/C#N)C(=O)Nc3ccccc3C)cc2Br)c(C)c1. The van der Waals surface area contributed by atoms with Gasteiger partial charge in [-0.3, -0.25) is 9.59 Å². The van der Waals surface area contributed by atoms with Crippen LogP contribution in [0.15, 0.2) is 70.7 Å². The van der Waals surface area contributed by atoms with Crippen LogP contribution in [-0.4, -0.2) is 18.4 Å².